The molecular weight excluding hydrogens is 332 g/mol. The summed E-state index contributed by atoms with van der Waals surface area (Å²) in [6, 6.07) is 6.53. The molecule has 0 unspecified atom stereocenters. The van der Waals surface area contributed by atoms with E-state index in [9.17, 15) is 13.2 Å². The maximum Gasteiger partial charge on any atom is 0.152 e. The van der Waals surface area contributed by atoms with Gasteiger partial charge < -0.3 is 0 Å². The molecule has 1 fully saturated rings. The van der Waals surface area contributed by atoms with Crippen LogP contribution in [0.1, 0.15) is 62.6 Å². The normalized spacial score (nSPS) is 23.6. The Hall–Kier alpha value is -1.16. The Morgan fingerprint density at radius 1 is 1.08 bits per heavy atom. The van der Waals surface area contributed by atoms with Gasteiger partial charge in [0.2, 0.25) is 0 Å². The molecule has 3 nitrogen and oxygen atoms in total. The van der Waals surface area contributed by atoms with Gasteiger partial charge in [-0.2, -0.15) is 0 Å². The average Bonchev–Trinajstić information content (AvgIpc) is 3.02. The second kappa shape index (κ2) is 7.61. The number of fused-ring (bicyclic) bond motifs is 1. The summed E-state index contributed by atoms with van der Waals surface area (Å²) in [5, 5.41) is -0.299. The standard InChI is InChI=1S/C21H30O3S/c1-15(2)25(23,24)14-16-6-10-19(11-7-16)21(22)13-17-8-9-18-4-3-5-20(18)12-17/h8-9,12,15-16,19H,3-7,10-11,13-14H2,1-2H3. The predicted octanol–water partition coefficient (Wildman–Crippen LogP) is 3.92. The van der Waals surface area contributed by atoms with Crippen molar-refractivity contribution in [1.29, 1.82) is 0 Å². The van der Waals surface area contributed by atoms with E-state index in [1.807, 2.05) is 0 Å². The van der Waals surface area contributed by atoms with Crippen molar-refractivity contribution in [2.75, 3.05) is 5.75 Å². The van der Waals surface area contributed by atoms with Crippen LogP contribution in [0.15, 0.2) is 18.2 Å². The lowest BCUT2D eigenvalue weighted by Gasteiger charge is -2.28. The first-order valence-corrected chi connectivity index (χ1v) is 11.4. The topological polar surface area (TPSA) is 51.2 Å². The lowest BCUT2D eigenvalue weighted by Crippen LogP contribution is -2.29. The summed E-state index contributed by atoms with van der Waals surface area (Å²) in [5.41, 5.74) is 4.02. The summed E-state index contributed by atoms with van der Waals surface area (Å²) in [6.07, 6.45) is 7.52. The Morgan fingerprint density at radius 3 is 2.44 bits per heavy atom. The number of aryl methyl sites for hydroxylation is 2. The zero-order valence-corrected chi connectivity index (χ0v) is 16.3. The molecule has 0 heterocycles. The van der Waals surface area contributed by atoms with Gasteiger partial charge in [-0.15, -0.1) is 0 Å². The van der Waals surface area contributed by atoms with E-state index in [1.54, 1.807) is 13.8 Å². The minimum atomic E-state index is -2.97. The molecule has 0 bridgehead atoms. The fraction of sp³-hybridized carbons (Fsp3) is 0.667. The minimum absolute atomic E-state index is 0.117. The Bertz CT molecular complexity index is 726. The second-order valence-electron chi connectivity index (χ2n) is 8.20. The van der Waals surface area contributed by atoms with Crippen molar-refractivity contribution < 1.29 is 13.2 Å². The SMILES string of the molecule is CC(C)S(=O)(=O)CC1CCC(C(=O)Cc2ccc3c(c2)CCC3)CC1. The van der Waals surface area contributed by atoms with Crippen LogP contribution in [0.3, 0.4) is 0 Å². The van der Waals surface area contributed by atoms with E-state index in [2.05, 4.69) is 18.2 Å². The summed E-state index contributed by atoms with van der Waals surface area (Å²) >= 11 is 0. The zero-order chi connectivity index (χ0) is 18.0. The molecule has 0 amide bonds. The number of rotatable bonds is 6. The lowest BCUT2D eigenvalue weighted by molar-refractivity contribution is -0.123. The van der Waals surface area contributed by atoms with Crippen LogP contribution in [0, 0.1) is 11.8 Å². The number of carbonyl (C=O) groups is 1. The quantitative estimate of drug-likeness (QED) is 0.771. The highest BCUT2D eigenvalue weighted by Crippen LogP contribution is 2.32. The van der Waals surface area contributed by atoms with Crippen LogP contribution in [-0.2, 0) is 33.9 Å². The molecule has 0 radical (unpaired) electrons. The maximum absolute atomic E-state index is 12.6. The highest BCUT2D eigenvalue weighted by atomic mass is 32.2. The van der Waals surface area contributed by atoms with E-state index in [0.29, 0.717) is 12.2 Å². The largest absolute Gasteiger partial charge is 0.299 e. The molecule has 0 saturated heterocycles. The van der Waals surface area contributed by atoms with E-state index in [4.69, 9.17) is 0 Å². The zero-order valence-electron chi connectivity index (χ0n) is 15.5. The Morgan fingerprint density at radius 2 is 1.76 bits per heavy atom. The van der Waals surface area contributed by atoms with E-state index in [-0.39, 0.29) is 22.8 Å². The van der Waals surface area contributed by atoms with Crippen molar-refractivity contribution in [3.05, 3.63) is 34.9 Å². The molecule has 0 aliphatic heterocycles. The molecule has 0 N–H and O–H groups in total. The van der Waals surface area contributed by atoms with Gasteiger partial charge in [-0.3, -0.25) is 4.79 Å². The van der Waals surface area contributed by atoms with E-state index < -0.39 is 9.84 Å². The number of ketones is 1. The minimum Gasteiger partial charge on any atom is -0.299 e. The molecule has 2 aliphatic carbocycles. The predicted molar refractivity (Wildman–Crippen MR) is 102 cm³/mol. The van der Waals surface area contributed by atoms with Gasteiger partial charge in [0.05, 0.1) is 11.0 Å². The number of hydrogen-bond acceptors (Lipinski definition) is 3. The molecule has 0 spiro atoms. The van der Waals surface area contributed by atoms with Crippen molar-refractivity contribution in [3.63, 3.8) is 0 Å². The Labute approximate surface area is 152 Å². The van der Waals surface area contributed by atoms with Gasteiger partial charge in [0.1, 0.15) is 5.78 Å². The molecule has 4 heteroatoms. The third-order valence-electron chi connectivity index (χ3n) is 6.03. The Balaban J connectivity index is 1.52. The smallest absolute Gasteiger partial charge is 0.152 e. The van der Waals surface area contributed by atoms with Gasteiger partial charge in [0, 0.05) is 12.3 Å². The highest BCUT2D eigenvalue weighted by Gasteiger charge is 2.30. The third kappa shape index (κ3) is 4.52. The van der Waals surface area contributed by atoms with Gasteiger partial charge in [0.15, 0.2) is 9.84 Å². The average molecular weight is 363 g/mol. The van der Waals surface area contributed by atoms with Gasteiger partial charge in [-0.25, -0.2) is 8.42 Å². The first-order chi connectivity index (χ1) is 11.8. The number of sulfone groups is 1. The van der Waals surface area contributed by atoms with Crippen LogP contribution < -0.4 is 0 Å². The van der Waals surface area contributed by atoms with Crippen molar-refractivity contribution in [2.24, 2.45) is 11.8 Å². The van der Waals surface area contributed by atoms with Crippen LogP contribution >= 0.6 is 0 Å². The third-order valence-corrected chi connectivity index (χ3v) is 8.40. The molecule has 2 aliphatic rings. The van der Waals surface area contributed by atoms with Crippen LogP contribution in [0.2, 0.25) is 0 Å². The first-order valence-electron chi connectivity index (χ1n) is 9.70. The van der Waals surface area contributed by atoms with Crippen LogP contribution in [0.25, 0.3) is 0 Å². The summed E-state index contributed by atoms with van der Waals surface area (Å²) in [4.78, 5) is 12.6. The van der Waals surface area contributed by atoms with Crippen molar-refractivity contribution in [2.45, 2.75) is 70.5 Å². The van der Waals surface area contributed by atoms with Crippen molar-refractivity contribution in [3.8, 4) is 0 Å². The van der Waals surface area contributed by atoms with E-state index in [1.165, 1.54) is 24.0 Å². The number of Topliss-reactive ketones (excluding diaryl/α,β-unsaturated/α-hetero) is 1. The van der Waals surface area contributed by atoms with E-state index in [0.717, 1.165) is 37.7 Å². The van der Waals surface area contributed by atoms with E-state index >= 15 is 0 Å². The van der Waals surface area contributed by atoms with Crippen LogP contribution in [0.5, 0.6) is 0 Å². The van der Waals surface area contributed by atoms with Gasteiger partial charge in [0.25, 0.3) is 0 Å². The monoisotopic (exact) mass is 362 g/mol. The van der Waals surface area contributed by atoms with Gasteiger partial charge in [-0.1, -0.05) is 18.2 Å². The number of hydrogen-bond donors (Lipinski definition) is 0. The van der Waals surface area contributed by atoms with Gasteiger partial charge in [-0.05, 0) is 81.4 Å². The van der Waals surface area contributed by atoms with Gasteiger partial charge >= 0.3 is 0 Å². The fourth-order valence-electron chi connectivity index (χ4n) is 4.25. The summed E-state index contributed by atoms with van der Waals surface area (Å²) in [5.74, 6) is 0.974. The fourth-order valence-corrected chi connectivity index (χ4v) is 5.63. The highest BCUT2D eigenvalue weighted by molar-refractivity contribution is 7.91. The molecular formula is C21H30O3S. The summed E-state index contributed by atoms with van der Waals surface area (Å²) in [6.45, 7) is 3.50. The number of carbonyl (C=O) groups excluding carboxylic acids is 1. The first kappa shape index (κ1) is 18.6. The van der Waals surface area contributed by atoms with Crippen molar-refractivity contribution in [1.82, 2.24) is 0 Å². The second-order valence-corrected chi connectivity index (χ2v) is 10.8. The molecule has 0 aromatic heterocycles. The number of benzene rings is 1. The lowest BCUT2D eigenvalue weighted by atomic mass is 9.79. The molecule has 1 saturated carbocycles. The molecule has 3 rings (SSSR count). The molecule has 1 aromatic carbocycles. The molecule has 1 aromatic rings. The van der Waals surface area contributed by atoms with Crippen LogP contribution in [-0.4, -0.2) is 25.2 Å². The molecule has 138 valence electrons. The molecule has 25 heavy (non-hydrogen) atoms. The summed E-state index contributed by atoms with van der Waals surface area (Å²) < 4.78 is 24.2. The summed E-state index contributed by atoms with van der Waals surface area (Å²) in [7, 11) is -2.97. The van der Waals surface area contributed by atoms with Crippen molar-refractivity contribution >= 4 is 15.6 Å². The molecule has 0 atom stereocenters. The maximum atomic E-state index is 12.6. The van der Waals surface area contributed by atoms with Crippen LogP contribution in [0.4, 0.5) is 0 Å². The Kier molecular flexibility index (Phi) is 5.67.